The van der Waals surface area contributed by atoms with Crippen LogP contribution in [-0.4, -0.2) is 111 Å². The fourth-order valence-corrected chi connectivity index (χ4v) is 6.26. The summed E-state index contributed by atoms with van der Waals surface area (Å²) in [4.78, 5) is 42.0. The van der Waals surface area contributed by atoms with Gasteiger partial charge in [-0.2, -0.15) is 0 Å². The standard InChI is InChI=1S/C29H51NO10/c1-11-20-29(8,37)24(34)16(4)21(31)14(2)13-28(7,36)25(17(5)22(32)18(6)26(35)39-20)40-27-23(33)19(30(9)10)12-15(3)38-27/h14-20,23-25,27,33-34,36-37H,11-13H2,1-10H3/t14-,15-,16+,17+,18-,19+,20-,23-,24-,25-,27+,28-,29-/m1/s1. The van der Waals surface area contributed by atoms with E-state index in [-0.39, 0.29) is 25.0 Å². The molecule has 2 aliphatic rings. The van der Waals surface area contributed by atoms with Crippen LogP contribution in [0.15, 0.2) is 0 Å². The van der Waals surface area contributed by atoms with Crippen molar-refractivity contribution in [3.05, 3.63) is 0 Å². The number of esters is 1. The first-order valence-electron chi connectivity index (χ1n) is 14.3. The smallest absolute Gasteiger partial charge is 0.316 e. The summed E-state index contributed by atoms with van der Waals surface area (Å²) in [7, 11) is 3.65. The lowest BCUT2D eigenvalue weighted by molar-refractivity contribution is -0.293. The summed E-state index contributed by atoms with van der Waals surface area (Å²) >= 11 is 0. The minimum Gasteiger partial charge on any atom is -0.459 e. The number of ether oxygens (including phenoxy) is 3. The van der Waals surface area contributed by atoms with Crippen molar-refractivity contribution in [2.75, 3.05) is 14.1 Å². The van der Waals surface area contributed by atoms with E-state index in [2.05, 4.69) is 0 Å². The van der Waals surface area contributed by atoms with Crippen molar-refractivity contribution in [1.82, 2.24) is 4.90 Å². The van der Waals surface area contributed by atoms with Crippen LogP contribution in [0.1, 0.15) is 74.7 Å². The van der Waals surface area contributed by atoms with E-state index >= 15 is 0 Å². The minimum atomic E-state index is -1.97. The average molecular weight is 574 g/mol. The number of aliphatic hydroxyl groups is 4. The van der Waals surface area contributed by atoms with Gasteiger partial charge in [0.15, 0.2) is 12.1 Å². The Morgan fingerprint density at radius 2 is 1.55 bits per heavy atom. The van der Waals surface area contributed by atoms with Gasteiger partial charge in [-0.25, -0.2) is 0 Å². The fraction of sp³-hybridized carbons (Fsp3) is 0.897. The number of Topliss-reactive ketones (excluding diaryl/α,β-unsaturated/α-hetero) is 2. The third kappa shape index (κ3) is 7.29. The molecule has 2 fully saturated rings. The second kappa shape index (κ2) is 13.2. The number of ketones is 2. The first kappa shape index (κ1) is 34.7. The van der Waals surface area contributed by atoms with Crippen LogP contribution >= 0.6 is 0 Å². The molecule has 2 heterocycles. The number of nitrogens with zero attached hydrogens (tertiary/aromatic N) is 1. The van der Waals surface area contributed by atoms with E-state index in [9.17, 15) is 34.8 Å². The highest BCUT2D eigenvalue weighted by Gasteiger charge is 2.51. The van der Waals surface area contributed by atoms with Crippen LogP contribution in [0.3, 0.4) is 0 Å². The first-order chi connectivity index (χ1) is 18.3. The molecule has 40 heavy (non-hydrogen) atoms. The maximum absolute atomic E-state index is 13.6. The zero-order valence-corrected chi connectivity index (χ0v) is 25.7. The van der Waals surface area contributed by atoms with Gasteiger partial charge in [0.1, 0.15) is 29.5 Å². The number of hydrogen-bond acceptors (Lipinski definition) is 11. The third-order valence-electron chi connectivity index (χ3n) is 8.86. The van der Waals surface area contributed by atoms with Crippen LogP contribution in [0.5, 0.6) is 0 Å². The van der Waals surface area contributed by atoms with Crippen molar-refractivity contribution in [3.8, 4) is 0 Å². The van der Waals surface area contributed by atoms with Gasteiger partial charge in [-0.05, 0) is 61.1 Å². The Hall–Kier alpha value is -1.47. The molecule has 0 aromatic rings. The summed E-state index contributed by atoms with van der Waals surface area (Å²) in [5.41, 5.74) is -3.77. The van der Waals surface area contributed by atoms with Crippen LogP contribution in [0.4, 0.5) is 0 Å². The number of rotatable bonds is 4. The average Bonchev–Trinajstić information content (AvgIpc) is 2.87. The molecular weight excluding hydrogens is 522 g/mol. The second-order valence-corrected chi connectivity index (χ2v) is 12.7. The molecule has 0 bridgehead atoms. The predicted molar refractivity (Wildman–Crippen MR) is 146 cm³/mol. The number of carbonyl (C=O) groups is 3. The van der Waals surface area contributed by atoms with E-state index in [1.165, 1.54) is 34.6 Å². The van der Waals surface area contributed by atoms with Crippen molar-refractivity contribution >= 4 is 17.5 Å². The van der Waals surface area contributed by atoms with Crippen LogP contribution in [-0.2, 0) is 28.6 Å². The Balaban J connectivity index is 2.56. The first-order valence-corrected chi connectivity index (χ1v) is 14.3. The molecule has 0 unspecified atom stereocenters. The number of hydrogen-bond donors (Lipinski definition) is 4. The minimum absolute atomic E-state index is 0.130. The quantitative estimate of drug-likeness (QED) is 0.281. The lowest BCUT2D eigenvalue weighted by Crippen LogP contribution is -2.59. The third-order valence-corrected chi connectivity index (χ3v) is 8.86. The predicted octanol–water partition coefficient (Wildman–Crippen LogP) is 1.07. The molecule has 0 amide bonds. The largest absolute Gasteiger partial charge is 0.459 e. The fourth-order valence-electron chi connectivity index (χ4n) is 6.26. The maximum atomic E-state index is 13.6. The highest BCUT2D eigenvalue weighted by molar-refractivity contribution is 6.00. The van der Waals surface area contributed by atoms with Gasteiger partial charge in [-0.15, -0.1) is 0 Å². The second-order valence-electron chi connectivity index (χ2n) is 12.7. The molecule has 0 aliphatic carbocycles. The molecule has 0 radical (unpaired) electrons. The Morgan fingerprint density at radius 3 is 2.08 bits per heavy atom. The van der Waals surface area contributed by atoms with E-state index in [1.807, 2.05) is 25.9 Å². The highest BCUT2D eigenvalue weighted by atomic mass is 16.7. The maximum Gasteiger partial charge on any atom is 0.316 e. The number of aliphatic hydroxyl groups excluding tert-OH is 2. The molecule has 2 aliphatic heterocycles. The molecule has 0 aromatic heterocycles. The van der Waals surface area contributed by atoms with E-state index in [1.54, 1.807) is 13.8 Å². The molecule has 0 aromatic carbocycles. The van der Waals surface area contributed by atoms with Crippen LogP contribution in [0.2, 0.25) is 0 Å². The SMILES string of the molecule is CC[C@H]1OC(=O)[C@H](C)C(=O)[C@H](C)[C@@H](O[C@@H]2O[C@H](C)C[C@H](N(C)C)[C@H]2O)[C@](C)(O)C[C@@H](C)C(=O)[C@H](C)[C@@H](O)[C@]1(C)O. The number of likely N-dealkylation sites (N-methyl/N-ethyl adjacent to an activating group) is 1. The summed E-state index contributed by atoms with van der Waals surface area (Å²) in [6, 6.07) is -0.307. The van der Waals surface area contributed by atoms with Gasteiger partial charge < -0.3 is 39.5 Å². The topological polar surface area (TPSA) is 163 Å². The van der Waals surface area contributed by atoms with E-state index in [4.69, 9.17) is 14.2 Å². The molecular formula is C29H51NO10. The van der Waals surface area contributed by atoms with E-state index in [0.29, 0.717) is 6.42 Å². The van der Waals surface area contributed by atoms with Crippen molar-refractivity contribution in [1.29, 1.82) is 0 Å². The van der Waals surface area contributed by atoms with Gasteiger partial charge >= 0.3 is 5.97 Å². The van der Waals surface area contributed by atoms with Crippen LogP contribution < -0.4 is 0 Å². The highest BCUT2D eigenvalue weighted by Crippen LogP contribution is 2.36. The van der Waals surface area contributed by atoms with Crippen LogP contribution in [0, 0.1) is 23.7 Å². The normalized spacial score (nSPS) is 46.7. The number of carbonyl (C=O) groups excluding carboxylic acids is 3. The molecule has 11 heteroatoms. The van der Waals surface area contributed by atoms with Gasteiger partial charge in [0.05, 0.1) is 23.9 Å². The molecule has 0 saturated carbocycles. The summed E-state index contributed by atoms with van der Waals surface area (Å²) in [5, 5.41) is 45.0. The molecule has 0 spiro atoms. The molecule has 232 valence electrons. The molecule has 13 atom stereocenters. The zero-order chi connectivity index (χ0) is 30.9. The summed E-state index contributed by atoms with van der Waals surface area (Å²) in [5.74, 6) is -6.14. The van der Waals surface area contributed by atoms with Gasteiger partial charge in [-0.3, -0.25) is 14.4 Å². The van der Waals surface area contributed by atoms with E-state index in [0.717, 1.165) is 0 Å². The van der Waals surface area contributed by atoms with Crippen molar-refractivity contribution in [2.24, 2.45) is 23.7 Å². The van der Waals surface area contributed by atoms with E-state index < -0.39 is 83.1 Å². The van der Waals surface area contributed by atoms with Gasteiger partial charge in [-0.1, -0.05) is 27.7 Å². The Morgan fingerprint density at radius 1 is 0.975 bits per heavy atom. The lowest BCUT2D eigenvalue weighted by Gasteiger charge is -2.46. The van der Waals surface area contributed by atoms with Gasteiger partial charge in [0.25, 0.3) is 0 Å². The summed E-state index contributed by atoms with van der Waals surface area (Å²) in [6.07, 6.45) is -6.08. The molecule has 4 N–H and O–H groups in total. The van der Waals surface area contributed by atoms with Gasteiger partial charge in [0, 0.05) is 23.8 Å². The summed E-state index contributed by atoms with van der Waals surface area (Å²) < 4.78 is 17.7. The van der Waals surface area contributed by atoms with Crippen LogP contribution in [0.25, 0.3) is 0 Å². The monoisotopic (exact) mass is 573 g/mol. The van der Waals surface area contributed by atoms with Crippen molar-refractivity contribution in [3.63, 3.8) is 0 Å². The lowest BCUT2D eigenvalue weighted by atomic mass is 9.74. The summed E-state index contributed by atoms with van der Waals surface area (Å²) in [6.45, 7) is 12.2. The Kier molecular flexibility index (Phi) is 11.5. The Labute approximate surface area is 238 Å². The molecule has 2 rings (SSSR count). The molecule has 2 saturated heterocycles. The zero-order valence-electron chi connectivity index (χ0n) is 25.7. The van der Waals surface area contributed by atoms with Crippen molar-refractivity contribution in [2.45, 2.75) is 129 Å². The van der Waals surface area contributed by atoms with Crippen molar-refractivity contribution < 1.29 is 49.0 Å². The molecule has 11 nitrogen and oxygen atoms in total. The Bertz CT molecular complexity index is 905. The number of cyclic esters (lactones) is 1. The van der Waals surface area contributed by atoms with Gasteiger partial charge in [0.2, 0.25) is 0 Å².